The molecule has 0 aliphatic rings. The molecule has 1 aromatic heterocycles. The molecule has 0 aliphatic heterocycles. The largest absolute Gasteiger partial charge is 0.389 e. The number of hydrogen-bond donors (Lipinski definition) is 1. The highest BCUT2D eigenvalue weighted by Gasteiger charge is 2.23. The van der Waals surface area contributed by atoms with Crippen molar-refractivity contribution in [2.75, 3.05) is 13.1 Å². The van der Waals surface area contributed by atoms with Gasteiger partial charge in [-0.3, -0.25) is 9.48 Å². The van der Waals surface area contributed by atoms with E-state index < -0.39 is 5.60 Å². The summed E-state index contributed by atoms with van der Waals surface area (Å²) in [7, 11) is 1.80. The van der Waals surface area contributed by atoms with Crippen LogP contribution < -0.4 is 0 Å². The Labute approximate surface area is 102 Å². The number of amides is 1. The van der Waals surface area contributed by atoms with Crippen LogP contribution >= 0.6 is 0 Å². The lowest BCUT2D eigenvalue weighted by molar-refractivity contribution is 0.0311. The monoisotopic (exact) mass is 239 g/mol. The van der Waals surface area contributed by atoms with Gasteiger partial charge in [0.2, 0.25) is 0 Å². The highest BCUT2D eigenvalue weighted by Crippen LogP contribution is 2.10. The Morgan fingerprint density at radius 2 is 2.18 bits per heavy atom. The van der Waals surface area contributed by atoms with Gasteiger partial charge in [-0.1, -0.05) is 0 Å². The zero-order chi connectivity index (χ0) is 13.2. The maximum Gasteiger partial charge on any atom is 0.274 e. The molecule has 0 radical (unpaired) electrons. The molecule has 0 saturated heterocycles. The third kappa shape index (κ3) is 3.56. The van der Waals surface area contributed by atoms with Gasteiger partial charge in [0.1, 0.15) is 0 Å². The predicted octanol–water partition coefficient (Wildman–Crippen LogP) is 0.962. The molecule has 1 N–H and O–H groups in total. The van der Waals surface area contributed by atoms with Crippen LogP contribution in [0.3, 0.4) is 0 Å². The van der Waals surface area contributed by atoms with Gasteiger partial charge < -0.3 is 10.0 Å². The highest BCUT2D eigenvalue weighted by atomic mass is 16.3. The molecule has 5 nitrogen and oxygen atoms in total. The number of hydrogen-bond acceptors (Lipinski definition) is 3. The molecule has 0 fully saturated rings. The summed E-state index contributed by atoms with van der Waals surface area (Å²) in [4.78, 5) is 13.8. The molecule has 0 aliphatic carbocycles. The van der Waals surface area contributed by atoms with Crippen LogP contribution in [0.15, 0.2) is 6.07 Å². The Balaban J connectivity index is 2.86. The van der Waals surface area contributed by atoms with Gasteiger partial charge in [0.05, 0.1) is 5.60 Å². The Morgan fingerprint density at radius 3 is 2.53 bits per heavy atom. The Bertz CT molecular complexity index is 385. The third-order valence-electron chi connectivity index (χ3n) is 2.58. The van der Waals surface area contributed by atoms with Gasteiger partial charge in [0, 0.05) is 25.8 Å². The average Bonchev–Trinajstić information content (AvgIpc) is 2.53. The molecular weight excluding hydrogens is 218 g/mol. The van der Waals surface area contributed by atoms with Crippen LogP contribution in [0.2, 0.25) is 0 Å². The molecule has 1 rings (SSSR count). The van der Waals surface area contributed by atoms with E-state index in [-0.39, 0.29) is 5.91 Å². The first-order chi connectivity index (χ1) is 7.74. The second-order valence-electron chi connectivity index (χ2n) is 4.93. The number of aromatic nitrogens is 2. The molecule has 1 aromatic rings. The number of likely N-dealkylation sites (N-methyl/N-ethyl adjacent to an activating group) is 1. The van der Waals surface area contributed by atoms with Crippen LogP contribution in [-0.4, -0.2) is 44.4 Å². The molecule has 0 saturated carbocycles. The van der Waals surface area contributed by atoms with Crippen molar-refractivity contribution in [1.29, 1.82) is 0 Å². The van der Waals surface area contributed by atoms with E-state index in [2.05, 4.69) is 5.10 Å². The zero-order valence-electron chi connectivity index (χ0n) is 11.2. The fourth-order valence-corrected chi connectivity index (χ4v) is 1.62. The number of nitrogens with zero attached hydrogens (tertiary/aromatic N) is 3. The third-order valence-corrected chi connectivity index (χ3v) is 2.58. The summed E-state index contributed by atoms with van der Waals surface area (Å²) in [6.45, 7) is 8.02. The molecule has 17 heavy (non-hydrogen) atoms. The van der Waals surface area contributed by atoms with Crippen molar-refractivity contribution in [1.82, 2.24) is 14.7 Å². The number of carbonyl (C=O) groups is 1. The highest BCUT2D eigenvalue weighted by molar-refractivity contribution is 5.92. The minimum Gasteiger partial charge on any atom is -0.389 e. The maximum absolute atomic E-state index is 12.2. The molecule has 0 atom stereocenters. The summed E-state index contributed by atoms with van der Waals surface area (Å²) < 4.78 is 1.67. The Hall–Kier alpha value is -1.36. The smallest absolute Gasteiger partial charge is 0.274 e. The Kier molecular flexibility index (Phi) is 3.93. The van der Waals surface area contributed by atoms with Crippen LogP contribution in [-0.2, 0) is 7.05 Å². The van der Waals surface area contributed by atoms with Gasteiger partial charge in [-0.05, 0) is 33.8 Å². The van der Waals surface area contributed by atoms with Crippen LogP contribution in [0.4, 0.5) is 0 Å². The van der Waals surface area contributed by atoms with E-state index in [0.29, 0.717) is 18.8 Å². The zero-order valence-corrected chi connectivity index (χ0v) is 11.2. The summed E-state index contributed by atoms with van der Waals surface area (Å²) in [5, 5.41) is 13.9. The van der Waals surface area contributed by atoms with Gasteiger partial charge in [0.25, 0.3) is 5.91 Å². The Morgan fingerprint density at radius 1 is 1.59 bits per heavy atom. The summed E-state index contributed by atoms with van der Waals surface area (Å²) in [6, 6.07) is 1.76. The van der Waals surface area contributed by atoms with Crippen LogP contribution in [0.25, 0.3) is 0 Å². The molecule has 0 bridgehead atoms. The van der Waals surface area contributed by atoms with Crippen molar-refractivity contribution >= 4 is 5.91 Å². The SMILES string of the molecule is CCN(CC(C)(C)O)C(=O)c1cc(C)n(C)n1. The van der Waals surface area contributed by atoms with Gasteiger partial charge in [-0.15, -0.1) is 0 Å². The van der Waals surface area contributed by atoms with Crippen molar-refractivity contribution in [2.24, 2.45) is 7.05 Å². The second-order valence-corrected chi connectivity index (χ2v) is 4.93. The van der Waals surface area contributed by atoms with Crippen molar-refractivity contribution in [3.8, 4) is 0 Å². The summed E-state index contributed by atoms with van der Waals surface area (Å²) in [6.07, 6.45) is 0. The number of carbonyl (C=O) groups excluding carboxylic acids is 1. The van der Waals surface area contributed by atoms with Crippen LogP contribution in [0.5, 0.6) is 0 Å². The first kappa shape index (κ1) is 13.7. The van der Waals surface area contributed by atoms with Gasteiger partial charge >= 0.3 is 0 Å². The first-order valence-electron chi connectivity index (χ1n) is 5.77. The number of aliphatic hydroxyl groups is 1. The van der Waals surface area contributed by atoms with Gasteiger partial charge in [-0.25, -0.2) is 0 Å². The van der Waals surface area contributed by atoms with Gasteiger partial charge in [-0.2, -0.15) is 5.10 Å². The number of aryl methyl sites for hydroxylation is 2. The minimum absolute atomic E-state index is 0.140. The molecule has 5 heteroatoms. The van der Waals surface area contributed by atoms with Crippen molar-refractivity contribution < 1.29 is 9.90 Å². The van der Waals surface area contributed by atoms with E-state index >= 15 is 0 Å². The fourth-order valence-electron chi connectivity index (χ4n) is 1.62. The molecule has 1 heterocycles. The summed E-state index contributed by atoms with van der Waals surface area (Å²) in [5.41, 5.74) is 0.471. The van der Waals surface area contributed by atoms with E-state index in [9.17, 15) is 9.90 Å². The molecule has 96 valence electrons. The lowest BCUT2D eigenvalue weighted by atomic mass is 10.1. The van der Waals surface area contributed by atoms with Crippen LogP contribution in [0.1, 0.15) is 37.0 Å². The molecular formula is C12H21N3O2. The average molecular weight is 239 g/mol. The predicted molar refractivity (Wildman–Crippen MR) is 65.8 cm³/mol. The first-order valence-corrected chi connectivity index (χ1v) is 5.77. The lowest BCUT2D eigenvalue weighted by Crippen LogP contribution is -2.42. The van der Waals surface area contributed by atoms with E-state index in [1.807, 2.05) is 13.8 Å². The fraction of sp³-hybridized carbons (Fsp3) is 0.667. The topological polar surface area (TPSA) is 58.4 Å². The maximum atomic E-state index is 12.2. The number of rotatable bonds is 4. The lowest BCUT2D eigenvalue weighted by Gasteiger charge is -2.27. The molecule has 0 spiro atoms. The molecule has 0 aromatic carbocycles. The van der Waals surface area contributed by atoms with Crippen LogP contribution in [0, 0.1) is 6.92 Å². The second kappa shape index (κ2) is 4.87. The molecule has 1 amide bonds. The quantitative estimate of drug-likeness (QED) is 0.851. The summed E-state index contributed by atoms with van der Waals surface area (Å²) in [5.74, 6) is -0.140. The van der Waals surface area contributed by atoms with Gasteiger partial charge in [0.15, 0.2) is 5.69 Å². The minimum atomic E-state index is -0.893. The van der Waals surface area contributed by atoms with E-state index in [0.717, 1.165) is 5.69 Å². The summed E-state index contributed by atoms with van der Waals surface area (Å²) >= 11 is 0. The normalized spacial score (nSPS) is 11.6. The van der Waals surface area contributed by atoms with E-state index in [4.69, 9.17) is 0 Å². The van der Waals surface area contributed by atoms with Crippen molar-refractivity contribution in [3.05, 3.63) is 17.5 Å². The molecule has 0 unspecified atom stereocenters. The van der Waals surface area contributed by atoms with E-state index in [1.165, 1.54) is 0 Å². The van der Waals surface area contributed by atoms with Crippen molar-refractivity contribution in [2.45, 2.75) is 33.3 Å². The van der Waals surface area contributed by atoms with Crippen molar-refractivity contribution in [3.63, 3.8) is 0 Å². The standard InChI is InChI=1S/C12H21N3O2/c1-6-15(8-12(3,4)17)11(16)10-7-9(2)14(5)13-10/h7,17H,6,8H2,1-5H3. The van der Waals surface area contributed by atoms with E-state index in [1.54, 1.807) is 36.5 Å².